The van der Waals surface area contributed by atoms with Gasteiger partial charge < -0.3 is 18.8 Å². The standard InChI is InChI=1S/C28H29N5O5S/c1-36-22-6-7-23-25(14-22)39(34,35)18-24-26(28-29-15-21-17-38-13-10-32(21)28)30-33(27(23)24)20-4-2-19(3-5-20)16-31-8-11-37-12-9-31/h2-7,14-15H,8-13,16-18H2,1H3. The molecule has 0 aliphatic carbocycles. The molecule has 11 heteroatoms. The molecule has 0 bridgehead atoms. The van der Waals surface area contributed by atoms with Crippen molar-refractivity contribution in [3.63, 3.8) is 0 Å². The lowest BCUT2D eigenvalue weighted by Gasteiger charge is -2.26. The predicted molar refractivity (Wildman–Crippen MR) is 143 cm³/mol. The number of ether oxygens (including phenoxy) is 3. The van der Waals surface area contributed by atoms with Crippen molar-refractivity contribution in [1.29, 1.82) is 0 Å². The van der Waals surface area contributed by atoms with E-state index < -0.39 is 9.84 Å². The second-order valence-corrected chi connectivity index (χ2v) is 12.0. The lowest BCUT2D eigenvalue weighted by molar-refractivity contribution is 0.0342. The first-order valence-corrected chi connectivity index (χ1v) is 14.7. The van der Waals surface area contributed by atoms with Crippen LogP contribution in [0.2, 0.25) is 0 Å². The molecule has 0 spiro atoms. The van der Waals surface area contributed by atoms with Crippen molar-refractivity contribution in [3.05, 3.63) is 65.5 Å². The van der Waals surface area contributed by atoms with Gasteiger partial charge in [0.15, 0.2) is 15.7 Å². The van der Waals surface area contributed by atoms with Crippen LogP contribution in [0.25, 0.3) is 28.5 Å². The van der Waals surface area contributed by atoms with Crippen LogP contribution in [0.5, 0.6) is 5.75 Å². The van der Waals surface area contributed by atoms with Crippen molar-refractivity contribution in [3.8, 4) is 34.2 Å². The summed E-state index contributed by atoms with van der Waals surface area (Å²) < 4.78 is 47.5. The Balaban J connectivity index is 1.37. The van der Waals surface area contributed by atoms with Gasteiger partial charge >= 0.3 is 0 Å². The molecule has 1 saturated heterocycles. The normalized spacial score (nSPS) is 18.3. The van der Waals surface area contributed by atoms with E-state index >= 15 is 0 Å². The Morgan fingerprint density at radius 1 is 1.00 bits per heavy atom. The van der Waals surface area contributed by atoms with Gasteiger partial charge in [-0.15, -0.1) is 0 Å². The quantitative estimate of drug-likeness (QED) is 0.376. The van der Waals surface area contributed by atoms with Gasteiger partial charge in [0, 0.05) is 37.3 Å². The Hall–Kier alpha value is -3.51. The van der Waals surface area contributed by atoms with Gasteiger partial charge in [-0.1, -0.05) is 12.1 Å². The molecular formula is C28H29N5O5S. The largest absolute Gasteiger partial charge is 0.497 e. The Morgan fingerprint density at radius 2 is 1.79 bits per heavy atom. The fourth-order valence-electron chi connectivity index (χ4n) is 5.64. The SMILES string of the molecule is COc1ccc2c(c1)S(=O)(=O)Cc1c(-c3ncc4n3CCOC4)nn(-c3ccc(CN4CCOCC4)cc3)c1-2. The van der Waals surface area contributed by atoms with Crippen LogP contribution in [0.15, 0.2) is 53.6 Å². The Kier molecular flexibility index (Phi) is 6.03. The number of nitrogens with zero attached hydrogens (tertiary/aromatic N) is 5. The highest BCUT2D eigenvalue weighted by atomic mass is 32.2. The Bertz CT molecular complexity index is 1650. The summed E-state index contributed by atoms with van der Waals surface area (Å²) >= 11 is 0. The van der Waals surface area contributed by atoms with Crippen molar-refractivity contribution in [1.82, 2.24) is 24.2 Å². The van der Waals surface area contributed by atoms with Gasteiger partial charge in [-0.25, -0.2) is 18.1 Å². The smallest absolute Gasteiger partial charge is 0.183 e. The molecular weight excluding hydrogens is 518 g/mol. The Labute approximate surface area is 226 Å². The maximum Gasteiger partial charge on any atom is 0.183 e. The zero-order valence-corrected chi connectivity index (χ0v) is 22.5. The molecule has 10 nitrogen and oxygen atoms in total. The number of rotatable bonds is 5. The van der Waals surface area contributed by atoms with Crippen LogP contribution in [-0.2, 0) is 44.8 Å². The first kappa shape index (κ1) is 24.5. The summed E-state index contributed by atoms with van der Waals surface area (Å²) in [6.07, 6.45) is 1.79. The van der Waals surface area contributed by atoms with Crippen molar-refractivity contribution >= 4 is 9.84 Å². The van der Waals surface area contributed by atoms with E-state index in [2.05, 4.69) is 26.6 Å². The summed E-state index contributed by atoms with van der Waals surface area (Å²) in [5, 5.41) is 5.03. The molecule has 4 aromatic rings. The van der Waals surface area contributed by atoms with E-state index in [4.69, 9.17) is 19.3 Å². The molecule has 5 heterocycles. The van der Waals surface area contributed by atoms with E-state index in [0.717, 1.165) is 49.9 Å². The molecule has 0 N–H and O–H groups in total. The maximum atomic E-state index is 13.5. The van der Waals surface area contributed by atoms with E-state index in [1.165, 1.54) is 12.7 Å². The van der Waals surface area contributed by atoms with Crippen LogP contribution in [0.4, 0.5) is 0 Å². The highest BCUT2D eigenvalue weighted by Gasteiger charge is 2.36. The predicted octanol–water partition coefficient (Wildman–Crippen LogP) is 3.06. The molecule has 2 aromatic carbocycles. The number of imidazole rings is 1. The van der Waals surface area contributed by atoms with E-state index in [9.17, 15) is 8.42 Å². The van der Waals surface area contributed by atoms with Crippen LogP contribution in [0, 0.1) is 0 Å². The molecule has 0 radical (unpaired) electrons. The third-order valence-corrected chi connectivity index (χ3v) is 9.32. The molecule has 0 unspecified atom stereocenters. The minimum atomic E-state index is -3.63. The molecule has 39 heavy (non-hydrogen) atoms. The van der Waals surface area contributed by atoms with E-state index in [0.29, 0.717) is 48.2 Å². The lowest BCUT2D eigenvalue weighted by atomic mass is 10.0. The summed E-state index contributed by atoms with van der Waals surface area (Å²) in [4.78, 5) is 7.31. The van der Waals surface area contributed by atoms with Gasteiger partial charge in [0.2, 0.25) is 0 Å². The van der Waals surface area contributed by atoms with Crippen LogP contribution < -0.4 is 4.74 Å². The molecule has 3 aliphatic rings. The minimum absolute atomic E-state index is 0.161. The van der Waals surface area contributed by atoms with Crippen molar-refractivity contribution in [2.24, 2.45) is 0 Å². The van der Waals surface area contributed by atoms with Gasteiger partial charge in [-0.2, -0.15) is 5.10 Å². The van der Waals surface area contributed by atoms with Crippen LogP contribution in [0.1, 0.15) is 16.8 Å². The molecule has 202 valence electrons. The topological polar surface area (TPSA) is 101 Å². The average molecular weight is 548 g/mol. The van der Waals surface area contributed by atoms with E-state index in [-0.39, 0.29) is 10.6 Å². The number of hydrogen-bond donors (Lipinski definition) is 0. The number of hydrogen-bond acceptors (Lipinski definition) is 8. The molecule has 3 aliphatic heterocycles. The first-order chi connectivity index (χ1) is 19.0. The lowest BCUT2D eigenvalue weighted by Crippen LogP contribution is -2.35. The van der Waals surface area contributed by atoms with Crippen LogP contribution >= 0.6 is 0 Å². The summed E-state index contributed by atoms with van der Waals surface area (Å²) in [6.45, 7) is 5.91. The number of methoxy groups -OCH3 is 1. The second kappa shape index (κ2) is 9.60. The number of sulfone groups is 1. The zero-order valence-electron chi connectivity index (χ0n) is 21.7. The summed E-state index contributed by atoms with van der Waals surface area (Å²) in [5.41, 5.74) is 5.64. The van der Waals surface area contributed by atoms with Crippen molar-refractivity contribution in [2.45, 2.75) is 30.3 Å². The van der Waals surface area contributed by atoms with Crippen molar-refractivity contribution < 1.29 is 22.6 Å². The van der Waals surface area contributed by atoms with E-state index in [1.54, 1.807) is 18.3 Å². The van der Waals surface area contributed by atoms with Crippen LogP contribution in [0.3, 0.4) is 0 Å². The third kappa shape index (κ3) is 4.26. The third-order valence-electron chi connectivity index (χ3n) is 7.65. The van der Waals surface area contributed by atoms with Gasteiger partial charge in [-0.3, -0.25) is 4.90 Å². The minimum Gasteiger partial charge on any atom is -0.497 e. The highest BCUT2D eigenvalue weighted by Crippen LogP contribution is 2.44. The number of aromatic nitrogens is 4. The highest BCUT2D eigenvalue weighted by molar-refractivity contribution is 7.91. The van der Waals surface area contributed by atoms with E-state index in [1.807, 2.05) is 22.9 Å². The molecule has 0 atom stereocenters. The average Bonchev–Trinajstić information content (AvgIpc) is 3.55. The summed E-state index contributed by atoms with van der Waals surface area (Å²) in [7, 11) is -2.09. The molecule has 0 amide bonds. The number of morpholine rings is 1. The van der Waals surface area contributed by atoms with Crippen LogP contribution in [-0.4, -0.2) is 72.7 Å². The second-order valence-electron chi connectivity index (χ2n) is 10.0. The number of fused-ring (bicyclic) bond motifs is 4. The number of benzene rings is 2. The van der Waals surface area contributed by atoms with Gasteiger partial charge in [0.1, 0.15) is 11.4 Å². The zero-order chi connectivity index (χ0) is 26.6. The Morgan fingerprint density at radius 3 is 2.59 bits per heavy atom. The fraction of sp³-hybridized carbons (Fsp3) is 0.357. The summed E-state index contributed by atoms with van der Waals surface area (Å²) in [5.74, 6) is 1.01. The van der Waals surface area contributed by atoms with Gasteiger partial charge in [-0.05, 0) is 35.9 Å². The maximum absolute atomic E-state index is 13.5. The molecule has 2 aromatic heterocycles. The monoisotopic (exact) mass is 547 g/mol. The van der Waals surface area contributed by atoms with Crippen molar-refractivity contribution in [2.75, 3.05) is 40.0 Å². The summed E-state index contributed by atoms with van der Waals surface area (Å²) in [6, 6.07) is 13.5. The fourth-order valence-corrected chi connectivity index (χ4v) is 7.24. The first-order valence-electron chi connectivity index (χ1n) is 13.1. The molecule has 0 saturated carbocycles. The van der Waals surface area contributed by atoms with Gasteiger partial charge in [0.05, 0.1) is 67.5 Å². The molecule has 1 fully saturated rings. The van der Waals surface area contributed by atoms with Gasteiger partial charge in [0.25, 0.3) is 0 Å². The molecule has 7 rings (SSSR count).